The molecule has 1 aromatic rings. The first-order valence-electron chi connectivity index (χ1n) is 5.26. The highest BCUT2D eigenvalue weighted by Crippen LogP contribution is 2.22. The summed E-state index contributed by atoms with van der Waals surface area (Å²) in [4.78, 5) is 0. The number of rotatable bonds is 3. The molecule has 2 nitrogen and oxygen atoms in total. The minimum absolute atomic E-state index is 0.100. The van der Waals surface area contributed by atoms with Crippen LogP contribution in [0.3, 0.4) is 0 Å². The van der Waals surface area contributed by atoms with Gasteiger partial charge in [-0.15, -0.1) is 0 Å². The Morgan fingerprint density at radius 1 is 1.50 bits per heavy atom. The van der Waals surface area contributed by atoms with Crippen LogP contribution in [0.1, 0.15) is 12.8 Å². The Balaban J connectivity index is 1.94. The minimum atomic E-state index is -0.407. The van der Waals surface area contributed by atoms with Crippen molar-refractivity contribution in [1.29, 1.82) is 0 Å². The van der Waals surface area contributed by atoms with E-state index >= 15 is 0 Å². The molecule has 1 heterocycles. The van der Waals surface area contributed by atoms with Crippen LogP contribution in [0.15, 0.2) is 30.5 Å². The van der Waals surface area contributed by atoms with Gasteiger partial charge in [0.2, 0.25) is 0 Å². The Morgan fingerprint density at radius 2 is 2.38 bits per heavy atom. The van der Waals surface area contributed by atoms with E-state index in [0.29, 0.717) is 12.2 Å². The molecule has 2 rings (SSSR count). The maximum Gasteiger partial charge on any atom is 0.164 e. The second kappa shape index (κ2) is 5.21. The molecule has 0 aliphatic carbocycles. The molecule has 4 heteroatoms. The van der Waals surface area contributed by atoms with Crippen LogP contribution in [-0.4, -0.2) is 12.6 Å². The topological polar surface area (TPSA) is 21.3 Å². The van der Waals surface area contributed by atoms with E-state index in [2.05, 4.69) is 5.32 Å². The second-order valence-electron chi connectivity index (χ2n) is 3.69. The summed E-state index contributed by atoms with van der Waals surface area (Å²) in [5.74, 6) is -0.407. The van der Waals surface area contributed by atoms with E-state index in [1.165, 1.54) is 6.07 Å². The summed E-state index contributed by atoms with van der Waals surface area (Å²) in [6, 6.07) is 4.91. The van der Waals surface area contributed by atoms with Crippen LogP contribution >= 0.6 is 11.6 Å². The average molecular weight is 242 g/mol. The van der Waals surface area contributed by atoms with Crippen molar-refractivity contribution in [3.05, 3.63) is 41.4 Å². The predicted octanol–water partition coefficient (Wildman–Crippen LogP) is 3.58. The van der Waals surface area contributed by atoms with Crippen molar-refractivity contribution in [3.8, 4) is 0 Å². The van der Waals surface area contributed by atoms with E-state index in [4.69, 9.17) is 16.3 Å². The maximum atomic E-state index is 13.5. The molecule has 1 aliphatic rings. The first-order chi connectivity index (χ1) is 7.77. The molecule has 0 radical (unpaired) electrons. The average Bonchev–Trinajstić information content (AvgIpc) is 2.32. The number of anilines is 1. The molecule has 0 amide bonds. The normalized spacial score (nSPS) is 19.2. The Bertz CT molecular complexity index is 395. The van der Waals surface area contributed by atoms with Crippen LogP contribution in [0.4, 0.5) is 10.1 Å². The molecule has 1 atom stereocenters. The van der Waals surface area contributed by atoms with Gasteiger partial charge in [0.05, 0.1) is 23.5 Å². The number of benzene rings is 1. The van der Waals surface area contributed by atoms with Crippen LogP contribution in [0.25, 0.3) is 0 Å². The van der Waals surface area contributed by atoms with E-state index in [1.807, 2.05) is 6.08 Å². The fourth-order valence-electron chi connectivity index (χ4n) is 1.60. The van der Waals surface area contributed by atoms with Gasteiger partial charge in [-0.25, -0.2) is 4.39 Å². The summed E-state index contributed by atoms with van der Waals surface area (Å²) in [6.45, 7) is 0.585. The molecule has 1 N–H and O–H groups in total. The SMILES string of the molecule is Fc1c(Cl)cccc1NCC1CCC=CO1. The standard InChI is InChI=1S/C12H13ClFNO/c13-10-5-3-6-11(12(10)14)15-8-9-4-1-2-7-16-9/h2-3,5-7,9,15H,1,4,8H2. The molecular formula is C12H13ClFNO. The van der Waals surface area contributed by atoms with Gasteiger partial charge < -0.3 is 10.1 Å². The lowest BCUT2D eigenvalue weighted by molar-refractivity contribution is 0.135. The molecular weight excluding hydrogens is 229 g/mol. The largest absolute Gasteiger partial charge is 0.497 e. The number of halogens is 2. The summed E-state index contributed by atoms with van der Waals surface area (Å²) < 4.78 is 18.9. The lowest BCUT2D eigenvalue weighted by atomic mass is 10.1. The van der Waals surface area contributed by atoms with Gasteiger partial charge in [0.1, 0.15) is 6.10 Å². The fraction of sp³-hybridized carbons (Fsp3) is 0.333. The van der Waals surface area contributed by atoms with Gasteiger partial charge >= 0.3 is 0 Å². The smallest absolute Gasteiger partial charge is 0.164 e. The van der Waals surface area contributed by atoms with Crippen LogP contribution in [0.2, 0.25) is 5.02 Å². The molecule has 1 aromatic carbocycles. The van der Waals surface area contributed by atoms with E-state index in [-0.39, 0.29) is 11.1 Å². The van der Waals surface area contributed by atoms with Crippen molar-refractivity contribution in [2.45, 2.75) is 18.9 Å². The van der Waals surface area contributed by atoms with E-state index in [1.54, 1.807) is 18.4 Å². The number of hydrogen-bond donors (Lipinski definition) is 1. The van der Waals surface area contributed by atoms with Crippen molar-refractivity contribution in [2.75, 3.05) is 11.9 Å². The number of ether oxygens (including phenoxy) is 1. The first-order valence-corrected chi connectivity index (χ1v) is 5.63. The quantitative estimate of drug-likeness (QED) is 0.873. The molecule has 0 saturated carbocycles. The van der Waals surface area contributed by atoms with E-state index in [0.717, 1.165) is 12.8 Å². The highest BCUT2D eigenvalue weighted by atomic mass is 35.5. The molecule has 16 heavy (non-hydrogen) atoms. The third-order valence-electron chi connectivity index (χ3n) is 2.49. The van der Waals surface area contributed by atoms with Crippen LogP contribution in [0.5, 0.6) is 0 Å². The number of hydrogen-bond acceptors (Lipinski definition) is 2. The Labute approximate surface area is 99.1 Å². The molecule has 0 fully saturated rings. The summed E-state index contributed by atoms with van der Waals surface area (Å²) in [5, 5.41) is 3.14. The molecule has 86 valence electrons. The summed E-state index contributed by atoms with van der Waals surface area (Å²) in [5.41, 5.74) is 0.422. The molecule has 1 aliphatic heterocycles. The van der Waals surface area contributed by atoms with E-state index in [9.17, 15) is 4.39 Å². The van der Waals surface area contributed by atoms with Crippen LogP contribution in [0, 0.1) is 5.82 Å². The van der Waals surface area contributed by atoms with E-state index < -0.39 is 5.82 Å². The van der Waals surface area contributed by atoms with Gasteiger partial charge in [0.15, 0.2) is 5.82 Å². The van der Waals surface area contributed by atoms with Gasteiger partial charge in [0.25, 0.3) is 0 Å². The predicted molar refractivity (Wildman–Crippen MR) is 63.1 cm³/mol. The van der Waals surface area contributed by atoms with Crippen molar-refractivity contribution >= 4 is 17.3 Å². The number of allylic oxidation sites excluding steroid dienone is 1. The summed E-state index contributed by atoms with van der Waals surface area (Å²) in [7, 11) is 0. The van der Waals surface area contributed by atoms with Gasteiger partial charge in [-0.1, -0.05) is 17.7 Å². The van der Waals surface area contributed by atoms with Crippen molar-refractivity contribution in [2.24, 2.45) is 0 Å². The van der Waals surface area contributed by atoms with Gasteiger partial charge in [-0.2, -0.15) is 0 Å². The Kier molecular flexibility index (Phi) is 3.67. The zero-order valence-electron chi connectivity index (χ0n) is 8.75. The Morgan fingerprint density at radius 3 is 3.12 bits per heavy atom. The van der Waals surface area contributed by atoms with Gasteiger partial charge in [-0.3, -0.25) is 0 Å². The Hall–Kier alpha value is -1.22. The molecule has 0 aromatic heterocycles. The summed E-state index contributed by atoms with van der Waals surface area (Å²) >= 11 is 5.68. The first kappa shape index (κ1) is 11.3. The molecule has 0 saturated heterocycles. The molecule has 1 unspecified atom stereocenters. The van der Waals surface area contributed by atoms with Crippen LogP contribution < -0.4 is 5.32 Å². The maximum absolute atomic E-state index is 13.5. The minimum Gasteiger partial charge on any atom is -0.497 e. The third kappa shape index (κ3) is 2.67. The highest BCUT2D eigenvalue weighted by molar-refractivity contribution is 6.31. The lowest BCUT2D eigenvalue weighted by Gasteiger charge is -2.20. The summed E-state index contributed by atoms with van der Waals surface area (Å²) in [6.07, 6.45) is 5.74. The van der Waals surface area contributed by atoms with Crippen LogP contribution in [-0.2, 0) is 4.74 Å². The fourth-order valence-corrected chi connectivity index (χ4v) is 1.77. The molecule has 0 spiro atoms. The van der Waals surface area contributed by atoms with Crippen molar-refractivity contribution < 1.29 is 9.13 Å². The van der Waals surface area contributed by atoms with Gasteiger partial charge in [0, 0.05) is 0 Å². The van der Waals surface area contributed by atoms with Crippen molar-refractivity contribution in [3.63, 3.8) is 0 Å². The zero-order valence-corrected chi connectivity index (χ0v) is 9.51. The van der Waals surface area contributed by atoms with Crippen molar-refractivity contribution in [1.82, 2.24) is 0 Å². The zero-order chi connectivity index (χ0) is 11.4. The highest BCUT2D eigenvalue weighted by Gasteiger charge is 2.12. The monoisotopic (exact) mass is 241 g/mol. The third-order valence-corrected chi connectivity index (χ3v) is 2.79. The second-order valence-corrected chi connectivity index (χ2v) is 4.10. The van der Waals surface area contributed by atoms with Gasteiger partial charge in [-0.05, 0) is 31.1 Å². The number of nitrogens with one attached hydrogen (secondary N) is 1. The lowest BCUT2D eigenvalue weighted by Crippen LogP contribution is -2.23. The molecule has 0 bridgehead atoms.